The number of carbonyl (C=O) groups excluding carboxylic acids is 1. The molecule has 2 aromatic carbocycles. The molecule has 0 radical (unpaired) electrons. The van der Waals surface area contributed by atoms with E-state index < -0.39 is 0 Å². The highest BCUT2D eigenvalue weighted by molar-refractivity contribution is 5.94. The van der Waals surface area contributed by atoms with Crippen LogP contribution in [0.25, 0.3) is 5.69 Å². The van der Waals surface area contributed by atoms with Crippen LogP contribution in [0, 0.1) is 0 Å². The highest BCUT2D eigenvalue weighted by atomic mass is 16.2. The van der Waals surface area contributed by atoms with E-state index in [0.29, 0.717) is 6.04 Å². The summed E-state index contributed by atoms with van der Waals surface area (Å²) in [6, 6.07) is 18.5. The number of likely N-dealkylation sites (tertiary alicyclic amines) is 1. The number of nitrogens with zero attached hydrogens (tertiary/aromatic N) is 3. The van der Waals surface area contributed by atoms with Crippen LogP contribution in [0.1, 0.15) is 28.8 Å². The van der Waals surface area contributed by atoms with Crippen LogP contribution in [-0.2, 0) is 6.42 Å². The monoisotopic (exact) mass is 331 g/mol. The Morgan fingerprint density at radius 3 is 2.60 bits per heavy atom. The van der Waals surface area contributed by atoms with Crippen molar-refractivity contribution in [2.24, 2.45) is 0 Å². The number of aromatic nitrogens is 2. The predicted molar refractivity (Wildman–Crippen MR) is 97.8 cm³/mol. The summed E-state index contributed by atoms with van der Waals surface area (Å²) in [4.78, 5) is 19.0. The second kappa shape index (κ2) is 6.93. The van der Waals surface area contributed by atoms with Crippen molar-refractivity contribution in [2.75, 3.05) is 6.54 Å². The lowest BCUT2D eigenvalue weighted by molar-refractivity contribution is 0.0736. The fourth-order valence-corrected chi connectivity index (χ4v) is 3.56. The van der Waals surface area contributed by atoms with Gasteiger partial charge in [-0.15, -0.1) is 0 Å². The first-order valence-electron chi connectivity index (χ1n) is 8.74. The van der Waals surface area contributed by atoms with Gasteiger partial charge in [0.1, 0.15) is 0 Å². The van der Waals surface area contributed by atoms with Gasteiger partial charge in [0.15, 0.2) is 0 Å². The van der Waals surface area contributed by atoms with E-state index in [1.807, 2.05) is 46.0 Å². The van der Waals surface area contributed by atoms with Crippen LogP contribution < -0.4 is 0 Å². The minimum atomic E-state index is 0.135. The number of hydrogen-bond donors (Lipinski definition) is 0. The van der Waals surface area contributed by atoms with E-state index >= 15 is 0 Å². The van der Waals surface area contributed by atoms with Crippen LogP contribution in [0.15, 0.2) is 73.3 Å². The summed E-state index contributed by atoms with van der Waals surface area (Å²) in [5, 5.41) is 0. The molecule has 1 unspecified atom stereocenters. The van der Waals surface area contributed by atoms with Crippen LogP contribution in [0.4, 0.5) is 0 Å². The third-order valence-corrected chi connectivity index (χ3v) is 4.87. The van der Waals surface area contributed by atoms with Gasteiger partial charge in [0, 0.05) is 36.2 Å². The summed E-state index contributed by atoms with van der Waals surface area (Å²) in [6.45, 7) is 0.847. The van der Waals surface area contributed by atoms with E-state index in [1.54, 1.807) is 12.5 Å². The van der Waals surface area contributed by atoms with Crippen molar-refractivity contribution in [3.05, 3.63) is 84.4 Å². The summed E-state index contributed by atoms with van der Waals surface area (Å²) in [5.74, 6) is 0.135. The SMILES string of the molecule is O=C(c1ccc(-n2ccnc2)cc1)N1CCCC1Cc1ccccc1. The molecule has 1 aliphatic heterocycles. The number of amides is 1. The molecular formula is C21H21N3O. The maximum Gasteiger partial charge on any atom is 0.254 e. The fourth-order valence-electron chi connectivity index (χ4n) is 3.56. The topological polar surface area (TPSA) is 38.1 Å². The standard InChI is InChI=1S/C21H21N3O/c25-21(18-8-10-19(11-9-18)23-14-12-22-16-23)24-13-4-7-20(24)15-17-5-2-1-3-6-17/h1-3,5-6,8-12,14,16,20H,4,7,13,15H2. The Morgan fingerprint density at radius 1 is 1.08 bits per heavy atom. The molecule has 1 saturated heterocycles. The van der Waals surface area contributed by atoms with E-state index in [2.05, 4.69) is 29.2 Å². The number of imidazole rings is 1. The Kier molecular flexibility index (Phi) is 4.34. The first kappa shape index (κ1) is 15.6. The molecule has 0 spiro atoms. The third-order valence-electron chi connectivity index (χ3n) is 4.87. The van der Waals surface area contributed by atoms with Crippen LogP contribution in [0.3, 0.4) is 0 Å². The number of benzene rings is 2. The summed E-state index contributed by atoms with van der Waals surface area (Å²) in [7, 11) is 0. The highest BCUT2D eigenvalue weighted by Crippen LogP contribution is 2.23. The van der Waals surface area contributed by atoms with E-state index in [1.165, 1.54) is 5.56 Å². The van der Waals surface area contributed by atoms with Crippen molar-refractivity contribution in [3.8, 4) is 5.69 Å². The minimum absolute atomic E-state index is 0.135. The first-order chi connectivity index (χ1) is 12.3. The molecule has 1 aliphatic rings. The second-order valence-electron chi connectivity index (χ2n) is 6.50. The number of rotatable bonds is 4. The van der Waals surface area contributed by atoms with Gasteiger partial charge in [-0.2, -0.15) is 0 Å². The fraction of sp³-hybridized carbons (Fsp3) is 0.238. The molecule has 3 aromatic rings. The van der Waals surface area contributed by atoms with Crippen LogP contribution in [0.2, 0.25) is 0 Å². The summed E-state index contributed by atoms with van der Waals surface area (Å²) >= 11 is 0. The lowest BCUT2D eigenvalue weighted by Gasteiger charge is -2.25. The highest BCUT2D eigenvalue weighted by Gasteiger charge is 2.29. The molecule has 2 heterocycles. The van der Waals surface area contributed by atoms with E-state index in [4.69, 9.17) is 0 Å². The lowest BCUT2D eigenvalue weighted by atomic mass is 10.0. The van der Waals surface area contributed by atoms with Crippen LogP contribution in [0.5, 0.6) is 0 Å². The first-order valence-corrected chi connectivity index (χ1v) is 8.74. The maximum atomic E-state index is 13.0. The van der Waals surface area contributed by atoms with Crippen molar-refractivity contribution in [1.82, 2.24) is 14.5 Å². The van der Waals surface area contributed by atoms with Crippen molar-refractivity contribution in [3.63, 3.8) is 0 Å². The van der Waals surface area contributed by atoms with Crippen LogP contribution in [-0.4, -0.2) is 32.9 Å². The van der Waals surface area contributed by atoms with Gasteiger partial charge in [-0.3, -0.25) is 4.79 Å². The summed E-state index contributed by atoms with van der Waals surface area (Å²) < 4.78 is 1.93. The number of carbonyl (C=O) groups is 1. The Bertz CT molecular complexity index is 825. The smallest absolute Gasteiger partial charge is 0.254 e. The quantitative estimate of drug-likeness (QED) is 0.731. The Balaban J connectivity index is 1.49. The van der Waals surface area contributed by atoms with Crippen LogP contribution >= 0.6 is 0 Å². The lowest BCUT2D eigenvalue weighted by Crippen LogP contribution is -2.36. The molecule has 1 fully saturated rings. The molecule has 0 saturated carbocycles. The Labute approximate surface area is 147 Å². The zero-order valence-electron chi connectivity index (χ0n) is 14.1. The normalized spacial score (nSPS) is 17.0. The van der Waals surface area contributed by atoms with Gasteiger partial charge in [-0.25, -0.2) is 4.98 Å². The molecule has 4 nitrogen and oxygen atoms in total. The van der Waals surface area contributed by atoms with Gasteiger partial charge < -0.3 is 9.47 Å². The summed E-state index contributed by atoms with van der Waals surface area (Å²) in [6.07, 6.45) is 8.49. The average Bonchev–Trinajstić information content (AvgIpc) is 3.34. The zero-order valence-corrected chi connectivity index (χ0v) is 14.1. The minimum Gasteiger partial charge on any atom is -0.335 e. The molecule has 0 N–H and O–H groups in total. The molecule has 4 rings (SSSR count). The molecule has 1 amide bonds. The van der Waals surface area contributed by atoms with Crippen molar-refractivity contribution >= 4 is 5.91 Å². The van der Waals surface area contributed by atoms with Gasteiger partial charge in [0.05, 0.1) is 6.33 Å². The molecule has 4 heteroatoms. The third kappa shape index (κ3) is 3.33. The van der Waals surface area contributed by atoms with Gasteiger partial charge in [0.25, 0.3) is 5.91 Å². The van der Waals surface area contributed by atoms with Crippen molar-refractivity contribution in [2.45, 2.75) is 25.3 Å². The number of hydrogen-bond acceptors (Lipinski definition) is 2. The molecule has 1 atom stereocenters. The van der Waals surface area contributed by atoms with E-state index in [0.717, 1.165) is 37.1 Å². The average molecular weight is 331 g/mol. The maximum absolute atomic E-state index is 13.0. The molecule has 25 heavy (non-hydrogen) atoms. The van der Waals surface area contributed by atoms with E-state index in [9.17, 15) is 4.79 Å². The van der Waals surface area contributed by atoms with Crippen molar-refractivity contribution < 1.29 is 4.79 Å². The van der Waals surface area contributed by atoms with Gasteiger partial charge >= 0.3 is 0 Å². The molecule has 0 aliphatic carbocycles. The molecule has 1 aromatic heterocycles. The Morgan fingerprint density at radius 2 is 1.88 bits per heavy atom. The summed E-state index contributed by atoms with van der Waals surface area (Å²) in [5.41, 5.74) is 3.06. The molecule has 0 bridgehead atoms. The van der Waals surface area contributed by atoms with Gasteiger partial charge in [-0.05, 0) is 49.1 Å². The molecular weight excluding hydrogens is 310 g/mol. The van der Waals surface area contributed by atoms with Gasteiger partial charge in [0.2, 0.25) is 0 Å². The van der Waals surface area contributed by atoms with Crippen molar-refractivity contribution in [1.29, 1.82) is 0 Å². The van der Waals surface area contributed by atoms with Gasteiger partial charge in [-0.1, -0.05) is 30.3 Å². The zero-order chi connectivity index (χ0) is 17.1. The molecule has 126 valence electrons. The van der Waals surface area contributed by atoms with E-state index in [-0.39, 0.29) is 5.91 Å². The second-order valence-corrected chi connectivity index (χ2v) is 6.50. The largest absolute Gasteiger partial charge is 0.335 e. The Hall–Kier alpha value is -2.88. The predicted octanol–water partition coefficient (Wildman–Crippen LogP) is 3.72.